The van der Waals surface area contributed by atoms with Gasteiger partial charge in [-0.1, -0.05) is 13.8 Å². The third-order valence-electron chi connectivity index (χ3n) is 0.718. The molecule has 0 spiro atoms. The predicted molar refractivity (Wildman–Crippen MR) is 40.1 cm³/mol. The van der Waals surface area contributed by atoms with Gasteiger partial charge in [0.15, 0.2) is 0 Å². The highest BCUT2D eigenvalue weighted by molar-refractivity contribution is 7.77. The lowest BCUT2D eigenvalue weighted by atomic mass is 10.2. The van der Waals surface area contributed by atoms with Gasteiger partial charge in [-0.05, 0) is 5.92 Å². The summed E-state index contributed by atoms with van der Waals surface area (Å²) in [5, 5.41) is 0. The van der Waals surface area contributed by atoms with Crippen molar-refractivity contribution in [3.63, 3.8) is 0 Å². The SMILES string of the molecule is CC(C)COC(=O)NS(=O)O. The Labute approximate surface area is 67.5 Å². The molecule has 0 aliphatic heterocycles. The summed E-state index contributed by atoms with van der Waals surface area (Å²) in [5.74, 6) is 0.216. The summed E-state index contributed by atoms with van der Waals surface area (Å²) in [7, 11) is 0. The number of amides is 1. The second kappa shape index (κ2) is 5.09. The highest BCUT2D eigenvalue weighted by atomic mass is 32.2. The van der Waals surface area contributed by atoms with E-state index in [0.717, 1.165) is 0 Å². The van der Waals surface area contributed by atoms with Gasteiger partial charge in [-0.25, -0.2) is 13.7 Å². The molecule has 6 heteroatoms. The molecule has 1 amide bonds. The Morgan fingerprint density at radius 1 is 1.73 bits per heavy atom. The first kappa shape index (κ1) is 10.4. The number of carbonyl (C=O) groups excluding carboxylic acids is 1. The summed E-state index contributed by atoms with van der Waals surface area (Å²) >= 11 is -2.33. The topological polar surface area (TPSA) is 75.6 Å². The Bertz CT molecular complexity index is 159. The van der Waals surface area contributed by atoms with Crippen molar-refractivity contribution in [1.82, 2.24) is 4.72 Å². The van der Waals surface area contributed by atoms with Crippen LogP contribution < -0.4 is 4.72 Å². The van der Waals surface area contributed by atoms with Crippen LogP contribution in [0.4, 0.5) is 4.79 Å². The fourth-order valence-corrected chi connectivity index (χ4v) is 0.545. The highest BCUT2D eigenvalue weighted by Gasteiger charge is 2.04. The summed E-state index contributed by atoms with van der Waals surface area (Å²) in [5.41, 5.74) is 0. The molecular formula is C5H11NO4S. The zero-order valence-electron chi connectivity index (χ0n) is 6.36. The molecule has 66 valence electrons. The average molecular weight is 181 g/mol. The van der Waals surface area contributed by atoms with Crippen molar-refractivity contribution in [2.24, 2.45) is 5.92 Å². The normalized spacial score (nSPS) is 12.7. The summed E-state index contributed by atoms with van der Waals surface area (Å²) in [6, 6.07) is 0. The van der Waals surface area contributed by atoms with E-state index in [4.69, 9.17) is 4.55 Å². The van der Waals surface area contributed by atoms with Crippen LogP contribution in [0.1, 0.15) is 13.8 Å². The quantitative estimate of drug-likeness (QED) is 0.622. The zero-order valence-corrected chi connectivity index (χ0v) is 7.18. The van der Waals surface area contributed by atoms with Gasteiger partial charge < -0.3 is 4.74 Å². The van der Waals surface area contributed by atoms with Gasteiger partial charge in [0.1, 0.15) is 0 Å². The molecule has 0 bridgehead atoms. The van der Waals surface area contributed by atoms with E-state index in [0.29, 0.717) is 0 Å². The molecule has 0 radical (unpaired) electrons. The molecule has 0 aliphatic carbocycles. The minimum atomic E-state index is -2.33. The minimum absolute atomic E-state index is 0.216. The standard InChI is InChI=1S/C5H11NO4S/c1-4(2)3-10-5(7)6-11(8)9/h4H,3H2,1-2H3,(H,6,7)(H,8,9). The van der Waals surface area contributed by atoms with Gasteiger partial charge in [0.2, 0.25) is 0 Å². The number of carbonyl (C=O) groups is 1. The van der Waals surface area contributed by atoms with Crippen molar-refractivity contribution in [2.75, 3.05) is 6.61 Å². The molecule has 2 N–H and O–H groups in total. The number of ether oxygens (including phenoxy) is 1. The fraction of sp³-hybridized carbons (Fsp3) is 0.800. The molecule has 0 aromatic rings. The fourth-order valence-electron chi connectivity index (χ4n) is 0.343. The van der Waals surface area contributed by atoms with Gasteiger partial charge in [0.05, 0.1) is 6.61 Å². The first-order valence-electron chi connectivity index (χ1n) is 3.06. The minimum Gasteiger partial charge on any atom is -0.449 e. The molecule has 0 heterocycles. The number of hydrogen-bond acceptors (Lipinski definition) is 3. The Balaban J connectivity index is 3.46. The van der Waals surface area contributed by atoms with E-state index >= 15 is 0 Å². The monoisotopic (exact) mass is 181 g/mol. The lowest BCUT2D eigenvalue weighted by molar-refractivity contribution is 0.139. The largest absolute Gasteiger partial charge is 0.449 e. The predicted octanol–water partition coefficient (Wildman–Crippen LogP) is 0.505. The summed E-state index contributed by atoms with van der Waals surface area (Å²) < 4.78 is 24.3. The second-order valence-electron chi connectivity index (χ2n) is 2.34. The maximum Gasteiger partial charge on any atom is 0.420 e. The van der Waals surface area contributed by atoms with Gasteiger partial charge in [0, 0.05) is 0 Å². The van der Waals surface area contributed by atoms with Crippen LogP contribution in [-0.2, 0) is 16.0 Å². The number of hydrogen-bond donors (Lipinski definition) is 2. The first-order chi connectivity index (χ1) is 5.02. The van der Waals surface area contributed by atoms with Crippen molar-refractivity contribution in [1.29, 1.82) is 0 Å². The molecule has 11 heavy (non-hydrogen) atoms. The van der Waals surface area contributed by atoms with Crippen molar-refractivity contribution >= 4 is 17.4 Å². The van der Waals surface area contributed by atoms with Crippen molar-refractivity contribution in [3.05, 3.63) is 0 Å². The third kappa shape index (κ3) is 7.27. The Hall–Kier alpha value is -0.620. The highest BCUT2D eigenvalue weighted by Crippen LogP contribution is 1.92. The van der Waals surface area contributed by atoms with E-state index in [1.165, 1.54) is 0 Å². The Kier molecular flexibility index (Phi) is 4.80. The van der Waals surface area contributed by atoms with Crippen LogP contribution in [0.3, 0.4) is 0 Å². The summed E-state index contributed by atoms with van der Waals surface area (Å²) in [6.07, 6.45) is -0.875. The molecule has 0 aliphatic rings. The first-order valence-corrected chi connectivity index (χ1v) is 4.17. The molecule has 0 aromatic carbocycles. The Morgan fingerprint density at radius 2 is 2.27 bits per heavy atom. The van der Waals surface area contributed by atoms with E-state index < -0.39 is 17.4 Å². The van der Waals surface area contributed by atoms with Gasteiger partial charge in [-0.3, -0.25) is 4.55 Å². The lowest BCUT2D eigenvalue weighted by Crippen LogP contribution is -2.27. The van der Waals surface area contributed by atoms with Crippen LogP contribution in [0.2, 0.25) is 0 Å². The van der Waals surface area contributed by atoms with Gasteiger partial charge in [-0.15, -0.1) is 0 Å². The van der Waals surface area contributed by atoms with Gasteiger partial charge in [-0.2, -0.15) is 0 Å². The molecule has 1 unspecified atom stereocenters. The lowest BCUT2D eigenvalue weighted by Gasteiger charge is -2.05. The number of nitrogens with one attached hydrogen (secondary N) is 1. The van der Waals surface area contributed by atoms with Crippen LogP contribution in [-0.4, -0.2) is 21.5 Å². The van der Waals surface area contributed by atoms with Crippen LogP contribution in [0, 0.1) is 5.92 Å². The van der Waals surface area contributed by atoms with Crippen LogP contribution >= 0.6 is 0 Å². The van der Waals surface area contributed by atoms with E-state index in [2.05, 4.69) is 4.74 Å². The van der Waals surface area contributed by atoms with E-state index in [-0.39, 0.29) is 12.5 Å². The van der Waals surface area contributed by atoms with E-state index in [1.807, 2.05) is 13.8 Å². The molecule has 0 aromatic heterocycles. The van der Waals surface area contributed by atoms with Crippen LogP contribution in [0.5, 0.6) is 0 Å². The smallest absolute Gasteiger partial charge is 0.420 e. The molecule has 0 saturated heterocycles. The number of rotatable bonds is 3. The third-order valence-corrected chi connectivity index (χ3v) is 1.06. The maximum atomic E-state index is 10.5. The molecule has 1 atom stereocenters. The van der Waals surface area contributed by atoms with Crippen LogP contribution in [0.25, 0.3) is 0 Å². The van der Waals surface area contributed by atoms with Gasteiger partial charge in [0.25, 0.3) is 11.3 Å². The van der Waals surface area contributed by atoms with E-state index in [9.17, 15) is 9.00 Å². The zero-order chi connectivity index (χ0) is 8.85. The second-order valence-corrected chi connectivity index (χ2v) is 3.05. The van der Waals surface area contributed by atoms with Crippen molar-refractivity contribution in [3.8, 4) is 0 Å². The summed E-state index contributed by atoms with van der Waals surface area (Å²) in [4.78, 5) is 10.5. The summed E-state index contributed by atoms with van der Waals surface area (Å²) in [6.45, 7) is 3.97. The van der Waals surface area contributed by atoms with Crippen molar-refractivity contribution < 1.29 is 18.3 Å². The molecular weight excluding hydrogens is 170 g/mol. The molecule has 0 rings (SSSR count). The molecule has 0 fully saturated rings. The van der Waals surface area contributed by atoms with Gasteiger partial charge >= 0.3 is 6.09 Å². The van der Waals surface area contributed by atoms with E-state index in [1.54, 1.807) is 4.72 Å². The maximum absolute atomic E-state index is 10.5. The average Bonchev–Trinajstić information content (AvgIpc) is 1.82. The van der Waals surface area contributed by atoms with Crippen LogP contribution in [0.15, 0.2) is 0 Å². The molecule has 0 saturated carbocycles. The molecule has 5 nitrogen and oxygen atoms in total. The Morgan fingerprint density at radius 3 is 2.64 bits per heavy atom. The van der Waals surface area contributed by atoms with Crippen molar-refractivity contribution in [2.45, 2.75) is 13.8 Å².